The Hall–Kier alpha value is -2.80. The van der Waals surface area contributed by atoms with Gasteiger partial charge in [-0.25, -0.2) is 0 Å². The minimum absolute atomic E-state index is 0.174. The van der Waals surface area contributed by atoms with Crippen molar-refractivity contribution < 1.29 is 13.9 Å². The highest BCUT2D eigenvalue weighted by Crippen LogP contribution is 2.25. The lowest BCUT2D eigenvalue weighted by Crippen LogP contribution is -2.38. The van der Waals surface area contributed by atoms with Crippen molar-refractivity contribution in [2.45, 2.75) is 38.1 Å². The normalized spacial score (nSPS) is 15.2. The summed E-state index contributed by atoms with van der Waals surface area (Å²) in [7, 11) is 1.59. The van der Waals surface area contributed by atoms with Crippen LogP contribution in [-0.4, -0.2) is 19.1 Å². The van der Waals surface area contributed by atoms with E-state index in [-0.39, 0.29) is 17.5 Å². The van der Waals surface area contributed by atoms with Crippen molar-refractivity contribution in [2.75, 3.05) is 12.5 Å². The van der Waals surface area contributed by atoms with E-state index in [1.165, 1.54) is 6.42 Å². The van der Waals surface area contributed by atoms with Gasteiger partial charge >= 0.3 is 0 Å². The largest absolute Gasteiger partial charge is 0.493 e. The van der Waals surface area contributed by atoms with Crippen molar-refractivity contribution in [3.05, 3.63) is 64.1 Å². The Kier molecular flexibility index (Phi) is 6.38. The van der Waals surface area contributed by atoms with E-state index < -0.39 is 0 Å². The van der Waals surface area contributed by atoms with Crippen LogP contribution >= 0.6 is 15.9 Å². The van der Waals surface area contributed by atoms with E-state index in [0.29, 0.717) is 16.9 Å². The van der Waals surface area contributed by atoms with Gasteiger partial charge in [0.25, 0.3) is 5.91 Å². The van der Waals surface area contributed by atoms with Gasteiger partial charge in [0, 0.05) is 15.9 Å². The van der Waals surface area contributed by atoms with Crippen LogP contribution in [-0.2, 0) is 0 Å². The number of halogens is 1. The Morgan fingerprint density at radius 2 is 1.90 bits per heavy atom. The van der Waals surface area contributed by atoms with E-state index in [1.807, 2.05) is 48.5 Å². The lowest BCUT2D eigenvalue weighted by Gasteiger charge is -2.22. The van der Waals surface area contributed by atoms with Gasteiger partial charge in [-0.1, -0.05) is 47.3 Å². The molecule has 1 aliphatic rings. The third-order valence-electron chi connectivity index (χ3n) is 5.27. The van der Waals surface area contributed by atoms with Crippen LogP contribution in [0.3, 0.4) is 0 Å². The van der Waals surface area contributed by atoms with E-state index in [2.05, 4.69) is 31.8 Å². The molecule has 6 nitrogen and oxygen atoms in total. The summed E-state index contributed by atoms with van der Waals surface area (Å²) in [6.07, 6.45) is 5.54. The van der Waals surface area contributed by atoms with E-state index in [9.17, 15) is 4.79 Å². The number of methoxy groups -OCH3 is 1. The monoisotopic (exact) mass is 469 g/mol. The van der Waals surface area contributed by atoms with Gasteiger partial charge in [-0.3, -0.25) is 10.2 Å². The highest BCUT2D eigenvalue weighted by Gasteiger charge is 2.20. The maximum Gasteiger partial charge on any atom is 0.257 e. The maximum atomic E-state index is 13.1. The third kappa shape index (κ3) is 4.67. The molecule has 0 saturated heterocycles. The number of para-hydroxylation sites is 1. The third-order valence-corrected chi connectivity index (χ3v) is 5.80. The molecule has 2 N–H and O–H groups in total. The van der Waals surface area contributed by atoms with Gasteiger partial charge in [0.15, 0.2) is 11.3 Å². The summed E-state index contributed by atoms with van der Waals surface area (Å²) < 4.78 is 12.4. The van der Waals surface area contributed by atoms with Gasteiger partial charge < -0.3 is 14.5 Å². The van der Waals surface area contributed by atoms with E-state index in [1.54, 1.807) is 7.11 Å². The highest BCUT2D eigenvalue weighted by molar-refractivity contribution is 9.10. The van der Waals surface area contributed by atoms with Crippen LogP contribution in [0.4, 0.5) is 5.69 Å². The van der Waals surface area contributed by atoms with E-state index in [4.69, 9.17) is 9.15 Å². The van der Waals surface area contributed by atoms with Crippen molar-refractivity contribution in [3.8, 4) is 5.75 Å². The summed E-state index contributed by atoms with van der Waals surface area (Å²) in [6.45, 7) is 0. The number of fused-ring (bicyclic) bond motifs is 1. The van der Waals surface area contributed by atoms with Crippen LogP contribution in [0.25, 0.3) is 11.0 Å². The minimum Gasteiger partial charge on any atom is -0.493 e. The maximum absolute atomic E-state index is 13.1. The van der Waals surface area contributed by atoms with E-state index >= 15 is 0 Å². The number of rotatable bonds is 5. The van der Waals surface area contributed by atoms with Crippen molar-refractivity contribution in [3.63, 3.8) is 0 Å². The predicted octanol–water partition coefficient (Wildman–Crippen LogP) is 5.19. The van der Waals surface area contributed by atoms with Crippen LogP contribution in [0, 0.1) is 0 Å². The van der Waals surface area contributed by atoms with Crippen LogP contribution in [0.1, 0.15) is 42.5 Å². The molecule has 1 heterocycles. The highest BCUT2D eigenvalue weighted by atomic mass is 79.9. The molecule has 30 heavy (non-hydrogen) atoms. The first-order valence-corrected chi connectivity index (χ1v) is 10.9. The Balaban J connectivity index is 1.73. The summed E-state index contributed by atoms with van der Waals surface area (Å²) in [4.78, 5) is 13.1. The quantitative estimate of drug-likeness (QED) is 0.503. The average Bonchev–Trinajstić information content (AvgIpc) is 2.78. The number of anilines is 1. The zero-order valence-electron chi connectivity index (χ0n) is 16.8. The van der Waals surface area contributed by atoms with Crippen LogP contribution in [0.5, 0.6) is 5.75 Å². The number of nitrogens with one attached hydrogen (secondary N) is 2. The van der Waals surface area contributed by atoms with Crippen molar-refractivity contribution in [1.82, 2.24) is 5.32 Å². The first-order valence-electron chi connectivity index (χ1n) is 10.1. The number of carbonyl (C=O) groups is 1. The Morgan fingerprint density at radius 3 is 2.63 bits per heavy atom. The average molecular weight is 470 g/mol. The Bertz CT molecular complexity index is 1100. The molecule has 0 bridgehead atoms. The summed E-state index contributed by atoms with van der Waals surface area (Å²) >= 11 is 3.42. The second-order valence-corrected chi connectivity index (χ2v) is 8.30. The summed E-state index contributed by atoms with van der Waals surface area (Å²) in [6, 6.07) is 15.2. The zero-order valence-corrected chi connectivity index (χ0v) is 18.4. The second kappa shape index (κ2) is 9.34. The standard InChI is InChI=1S/C23H24BrN3O3/c1-29-20-9-5-6-15-14-19(22(28)25-17-7-3-2-4-8-17)23(30-21(15)20)27-26-18-12-10-16(24)11-13-18/h5-6,9-14,17,26H,2-4,7-8H2,1H3,(H,25,28). The van der Waals surface area contributed by atoms with Crippen LogP contribution in [0.15, 0.2) is 62.5 Å². The Labute approximate surface area is 183 Å². The smallest absolute Gasteiger partial charge is 0.257 e. The number of hydrogen-bond donors (Lipinski definition) is 2. The molecule has 1 fully saturated rings. The molecule has 1 aromatic heterocycles. The van der Waals surface area contributed by atoms with Gasteiger partial charge in [-0.05, 0) is 49.2 Å². The molecule has 0 atom stereocenters. The molecule has 7 heteroatoms. The zero-order chi connectivity index (χ0) is 20.9. The molecule has 1 aliphatic carbocycles. The summed E-state index contributed by atoms with van der Waals surface area (Å²) in [5, 5.41) is 8.33. The summed E-state index contributed by atoms with van der Waals surface area (Å²) in [5.74, 6) is 0.415. The van der Waals surface area contributed by atoms with Gasteiger partial charge in [-0.15, -0.1) is 5.10 Å². The minimum atomic E-state index is -0.174. The molecule has 0 spiro atoms. The number of amides is 1. The topological polar surface area (TPSA) is 75.9 Å². The summed E-state index contributed by atoms with van der Waals surface area (Å²) in [5.41, 5.74) is 4.92. The van der Waals surface area contributed by atoms with Gasteiger partial charge in [0.05, 0.1) is 12.8 Å². The molecule has 156 valence electrons. The van der Waals surface area contributed by atoms with Crippen molar-refractivity contribution in [2.24, 2.45) is 5.10 Å². The molecule has 3 aromatic rings. The van der Waals surface area contributed by atoms with Gasteiger partial charge in [0.1, 0.15) is 5.56 Å². The first-order chi connectivity index (χ1) is 14.6. The fourth-order valence-electron chi connectivity index (χ4n) is 3.68. The van der Waals surface area contributed by atoms with Crippen molar-refractivity contribution in [1.29, 1.82) is 0 Å². The molecular weight excluding hydrogens is 446 g/mol. The first kappa shape index (κ1) is 20.5. The van der Waals surface area contributed by atoms with E-state index in [0.717, 1.165) is 41.2 Å². The molecular formula is C23H24BrN3O3. The van der Waals surface area contributed by atoms with Gasteiger partial charge in [0.2, 0.25) is 5.55 Å². The SMILES string of the molecule is COc1cccc2cc(C(=O)NC3CCCCC3)c(=NNc3ccc(Br)cc3)oc12. The number of benzene rings is 2. The molecule has 1 amide bonds. The predicted molar refractivity (Wildman–Crippen MR) is 120 cm³/mol. The number of carbonyl (C=O) groups excluding carboxylic acids is 1. The van der Waals surface area contributed by atoms with Gasteiger partial charge in [-0.2, -0.15) is 0 Å². The molecule has 1 saturated carbocycles. The fraction of sp³-hybridized carbons (Fsp3) is 0.304. The fourth-order valence-corrected chi connectivity index (χ4v) is 3.95. The molecule has 0 aliphatic heterocycles. The molecule has 4 rings (SSSR count). The lowest BCUT2D eigenvalue weighted by molar-refractivity contribution is 0.0923. The number of hydrogen-bond acceptors (Lipinski definition) is 5. The van der Waals surface area contributed by atoms with Crippen molar-refractivity contribution >= 4 is 38.5 Å². The Morgan fingerprint density at radius 1 is 1.13 bits per heavy atom. The molecule has 0 radical (unpaired) electrons. The van der Waals surface area contributed by atoms with Crippen LogP contribution in [0.2, 0.25) is 0 Å². The molecule has 0 unspecified atom stereocenters. The van der Waals surface area contributed by atoms with Crippen LogP contribution < -0.4 is 21.0 Å². The number of ether oxygens (including phenoxy) is 1. The molecule has 2 aromatic carbocycles. The second-order valence-electron chi connectivity index (χ2n) is 7.38. The lowest BCUT2D eigenvalue weighted by atomic mass is 9.95. The number of nitrogens with zero attached hydrogens (tertiary/aromatic N) is 1.